The highest BCUT2D eigenvalue weighted by molar-refractivity contribution is 6.43. The fourth-order valence-electron chi connectivity index (χ4n) is 2.36. The summed E-state index contributed by atoms with van der Waals surface area (Å²) < 4.78 is 0. The Morgan fingerprint density at radius 2 is 1.52 bits per heavy atom. The van der Waals surface area contributed by atoms with Gasteiger partial charge in [0.25, 0.3) is 5.69 Å². The first-order chi connectivity index (χ1) is 11.9. The minimum Gasteiger partial charge on any atom is -0.318 e. The number of hydrogen-bond acceptors (Lipinski definition) is 4. The lowest BCUT2D eigenvalue weighted by Crippen LogP contribution is -2.29. The van der Waals surface area contributed by atoms with Crippen LogP contribution in [0.25, 0.3) is 0 Å². The van der Waals surface area contributed by atoms with E-state index < -0.39 is 16.7 Å². The van der Waals surface area contributed by atoms with Gasteiger partial charge in [0.2, 0.25) is 0 Å². The first-order valence-corrected chi connectivity index (χ1v) is 7.88. The normalized spacial score (nSPS) is 11.4. The molecule has 130 valence electrons. The molecule has 0 aliphatic heterocycles. The Balaban J connectivity index is 2.15. The Hall–Kier alpha value is -3.22. The largest absolute Gasteiger partial charge is 0.318 e. The molecular formula is C18H19N3O4. The third-order valence-corrected chi connectivity index (χ3v) is 3.91. The van der Waals surface area contributed by atoms with E-state index in [4.69, 9.17) is 0 Å². The molecule has 2 aromatic rings. The number of nitro benzene ring substituents is 1. The minimum atomic E-state index is -0.965. The van der Waals surface area contributed by atoms with Crippen LogP contribution in [0.4, 0.5) is 17.1 Å². The van der Waals surface area contributed by atoms with Gasteiger partial charge in [0, 0.05) is 11.8 Å². The van der Waals surface area contributed by atoms with E-state index in [1.54, 1.807) is 18.2 Å². The van der Waals surface area contributed by atoms with Gasteiger partial charge in [0.1, 0.15) is 5.69 Å². The van der Waals surface area contributed by atoms with E-state index in [2.05, 4.69) is 10.6 Å². The Morgan fingerprint density at radius 3 is 2.12 bits per heavy atom. The van der Waals surface area contributed by atoms with Crippen molar-refractivity contribution in [2.45, 2.75) is 26.2 Å². The van der Waals surface area contributed by atoms with Crippen molar-refractivity contribution in [3.05, 3.63) is 64.2 Å². The predicted molar refractivity (Wildman–Crippen MR) is 95.5 cm³/mol. The second-order valence-corrected chi connectivity index (χ2v) is 5.58. The lowest BCUT2D eigenvalue weighted by atomic mass is 9.97. The van der Waals surface area contributed by atoms with Gasteiger partial charge in [-0.2, -0.15) is 0 Å². The molecule has 0 heterocycles. The molecule has 0 saturated carbocycles. The summed E-state index contributed by atoms with van der Waals surface area (Å²) in [6.45, 7) is 4.06. The Kier molecular flexibility index (Phi) is 5.84. The van der Waals surface area contributed by atoms with E-state index in [0.29, 0.717) is 5.69 Å². The summed E-state index contributed by atoms with van der Waals surface area (Å²) in [7, 11) is 0. The topological polar surface area (TPSA) is 101 Å². The lowest BCUT2D eigenvalue weighted by Gasteiger charge is -2.15. The summed E-state index contributed by atoms with van der Waals surface area (Å²) in [5.41, 5.74) is 1.18. The third kappa shape index (κ3) is 4.41. The van der Waals surface area contributed by atoms with Gasteiger partial charge in [0.15, 0.2) is 0 Å². The van der Waals surface area contributed by atoms with Crippen LogP contribution in [0.5, 0.6) is 0 Å². The molecule has 2 amide bonds. The molecule has 2 N–H and O–H groups in total. The number of amides is 2. The van der Waals surface area contributed by atoms with Gasteiger partial charge in [-0.05, 0) is 30.0 Å². The van der Waals surface area contributed by atoms with Crippen molar-refractivity contribution in [2.24, 2.45) is 0 Å². The van der Waals surface area contributed by atoms with Gasteiger partial charge in [-0.3, -0.25) is 19.7 Å². The van der Waals surface area contributed by atoms with Crippen molar-refractivity contribution in [3.8, 4) is 0 Å². The highest BCUT2D eigenvalue weighted by Crippen LogP contribution is 2.27. The van der Waals surface area contributed by atoms with Gasteiger partial charge in [-0.15, -0.1) is 0 Å². The van der Waals surface area contributed by atoms with E-state index >= 15 is 0 Å². The maximum absolute atomic E-state index is 12.2. The maximum Gasteiger partial charge on any atom is 0.314 e. The van der Waals surface area contributed by atoms with Crippen LogP contribution in [-0.4, -0.2) is 16.7 Å². The Labute approximate surface area is 145 Å². The molecule has 1 atom stereocenters. The van der Waals surface area contributed by atoms with Crippen molar-refractivity contribution in [1.29, 1.82) is 0 Å². The number of para-hydroxylation sites is 3. The van der Waals surface area contributed by atoms with Gasteiger partial charge in [-0.25, -0.2) is 0 Å². The number of benzene rings is 2. The lowest BCUT2D eigenvalue weighted by molar-refractivity contribution is -0.383. The third-order valence-electron chi connectivity index (χ3n) is 3.91. The van der Waals surface area contributed by atoms with Crippen LogP contribution in [0.3, 0.4) is 0 Å². The molecule has 0 aliphatic rings. The fraction of sp³-hybridized carbons (Fsp3) is 0.222. The number of nitrogens with zero attached hydrogens (tertiary/aromatic N) is 1. The predicted octanol–water partition coefficient (Wildman–Crippen LogP) is 3.69. The summed E-state index contributed by atoms with van der Waals surface area (Å²) in [5, 5.41) is 15.8. The standard InChI is InChI=1S/C18H19N3O4/c1-3-12(2)13-8-4-5-9-14(13)19-17(22)18(23)20-15-10-6-7-11-16(15)21(24)25/h4-12H,3H2,1-2H3,(H,19,22)(H,20,23). The quantitative estimate of drug-likeness (QED) is 0.492. The smallest absolute Gasteiger partial charge is 0.314 e. The highest BCUT2D eigenvalue weighted by atomic mass is 16.6. The fourth-order valence-corrected chi connectivity index (χ4v) is 2.36. The molecule has 0 bridgehead atoms. The summed E-state index contributed by atoms with van der Waals surface area (Å²) in [4.78, 5) is 34.6. The average Bonchev–Trinajstić information content (AvgIpc) is 2.61. The number of carbonyl (C=O) groups is 2. The number of hydrogen-bond donors (Lipinski definition) is 2. The first-order valence-electron chi connectivity index (χ1n) is 7.88. The van der Waals surface area contributed by atoms with E-state index in [9.17, 15) is 19.7 Å². The van der Waals surface area contributed by atoms with Crippen LogP contribution in [0, 0.1) is 10.1 Å². The average molecular weight is 341 g/mol. The molecule has 0 saturated heterocycles. The summed E-state index contributed by atoms with van der Waals surface area (Å²) in [6.07, 6.45) is 0.884. The second kappa shape index (κ2) is 8.05. The van der Waals surface area contributed by atoms with E-state index in [1.165, 1.54) is 18.2 Å². The SMILES string of the molecule is CCC(C)c1ccccc1NC(=O)C(=O)Nc1ccccc1[N+](=O)[O-]. The molecule has 0 radical (unpaired) electrons. The number of anilines is 2. The number of rotatable bonds is 5. The second-order valence-electron chi connectivity index (χ2n) is 5.58. The van der Waals surface area contributed by atoms with Crippen LogP contribution >= 0.6 is 0 Å². The van der Waals surface area contributed by atoms with Gasteiger partial charge in [-0.1, -0.05) is 44.2 Å². The summed E-state index contributed by atoms with van der Waals surface area (Å²) in [6, 6.07) is 12.9. The monoisotopic (exact) mass is 341 g/mol. The molecule has 1 unspecified atom stereocenters. The van der Waals surface area contributed by atoms with E-state index in [0.717, 1.165) is 12.0 Å². The molecule has 0 aliphatic carbocycles. The summed E-state index contributed by atoms with van der Waals surface area (Å²) in [5.74, 6) is -1.63. The molecule has 7 heteroatoms. The van der Waals surface area contributed by atoms with Crippen molar-refractivity contribution in [2.75, 3.05) is 10.6 Å². The van der Waals surface area contributed by atoms with Crippen LogP contribution in [0.2, 0.25) is 0 Å². The van der Waals surface area contributed by atoms with Crippen molar-refractivity contribution >= 4 is 28.9 Å². The van der Waals surface area contributed by atoms with Crippen molar-refractivity contribution < 1.29 is 14.5 Å². The zero-order chi connectivity index (χ0) is 18.4. The van der Waals surface area contributed by atoms with Crippen LogP contribution < -0.4 is 10.6 Å². The maximum atomic E-state index is 12.2. The molecular weight excluding hydrogens is 322 g/mol. The molecule has 2 aromatic carbocycles. The molecule has 25 heavy (non-hydrogen) atoms. The molecule has 0 aromatic heterocycles. The van der Waals surface area contributed by atoms with Crippen LogP contribution in [0.15, 0.2) is 48.5 Å². The molecule has 0 spiro atoms. The van der Waals surface area contributed by atoms with Crippen LogP contribution in [0.1, 0.15) is 31.7 Å². The van der Waals surface area contributed by atoms with Crippen LogP contribution in [-0.2, 0) is 9.59 Å². The number of nitrogens with one attached hydrogen (secondary N) is 2. The Morgan fingerprint density at radius 1 is 1.00 bits per heavy atom. The van der Waals surface area contributed by atoms with Crippen molar-refractivity contribution in [1.82, 2.24) is 0 Å². The molecule has 7 nitrogen and oxygen atoms in total. The van der Waals surface area contributed by atoms with Crippen molar-refractivity contribution in [3.63, 3.8) is 0 Å². The van der Waals surface area contributed by atoms with Gasteiger partial charge < -0.3 is 10.6 Å². The molecule has 0 fully saturated rings. The van der Waals surface area contributed by atoms with E-state index in [-0.39, 0.29) is 17.3 Å². The Bertz CT molecular complexity index is 804. The zero-order valence-electron chi connectivity index (χ0n) is 14.0. The van der Waals surface area contributed by atoms with Gasteiger partial charge >= 0.3 is 11.8 Å². The number of carbonyl (C=O) groups excluding carboxylic acids is 2. The minimum absolute atomic E-state index is 0.0251. The van der Waals surface area contributed by atoms with E-state index in [1.807, 2.05) is 26.0 Å². The number of nitro groups is 1. The van der Waals surface area contributed by atoms with Gasteiger partial charge in [0.05, 0.1) is 4.92 Å². The zero-order valence-corrected chi connectivity index (χ0v) is 14.0. The first kappa shape index (κ1) is 18.1. The summed E-state index contributed by atoms with van der Waals surface area (Å²) >= 11 is 0. The molecule has 2 rings (SSSR count). The highest BCUT2D eigenvalue weighted by Gasteiger charge is 2.20.